The molecular formula is C23H23F4N3O6S. The second kappa shape index (κ2) is 9.26. The van der Waals surface area contributed by atoms with Crippen molar-refractivity contribution in [1.82, 2.24) is 14.9 Å². The summed E-state index contributed by atoms with van der Waals surface area (Å²) in [6.45, 7) is 4.24. The molecule has 0 fully saturated rings. The third kappa shape index (κ3) is 4.64. The van der Waals surface area contributed by atoms with Gasteiger partial charge in [0.15, 0.2) is 5.60 Å². The lowest BCUT2D eigenvalue weighted by Crippen LogP contribution is -2.46. The molecule has 2 aromatic carbocycles. The number of H-pyrrole nitrogens is 1. The van der Waals surface area contributed by atoms with Crippen LogP contribution in [0.4, 0.5) is 17.6 Å². The highest BCUT2D eigenvalue weighted by Gasteiger charge is 2.58. The minimum atomic E-state index is -5.10. The van der Waals surface area contributed by atoms with Crippen molar-refractivity contribution >= 4 is 10.0 Å². The van der Waals surface area contributed by atoms with E-state index in [1.165, 1.54) is 13.0 Å². The summed E-state index contributed by atoms with van der Waals surface area (Å²) in [5.74, 6) is -3.72. The molecule has 1 aliphatic heterocycles. The molecule has 0 saturated heterocycles. The second-order valence-corrected chi connectivity index (χ2v) is 10.5. The number of sulfonamides is 1. The van der Waals surface area contributed by atoms with Crippen molar-refractivity contribution in [3.63, 3.8) is 0 Å². The van der Waals surface area contributed by atoms with E-state index >= 15 is 0 Å². The third-order valence-electron chi connectivity index (χ3n) is 6.58. The molecular weight excluding hydrogens is 522 g/mol. The highest BCUT2D eigenvalue weighted by atomic mass is 32.2. The standard InChI is InChI=1S/C23H23F4N3O6S/c1-11-7-8-15(24)17(12(11)2)13(3)18(20-28-29-21(31)36-20)30-37(33,34)16-6-4-5-14-19(16)35-10-9-22(14,32)23(25,26)27/h4-8,13,18,30,32H,9-10H2,1-3H3,(H,29,31)/t13-,18+,22?/m1/s1. The Balaban J connectivity index is 1.83. The number of aryl methyl sites for hydroxylation is 1. The number of hydrogen-bond donors (Lipinski definition) is 3. The lowest BCUT2D eigenvalue weighted by atomic mass is 9.87. The van der Waals surface area contributed by atoms with Gasteiger partial charge in [-0.2, -0.15) is 17.9 Å². The smallest absolute Gasteiger partial charge is 0.434 e. The van der Waals surface area contributed by atoms with Crippen molar-refractivity contribution < 1.29 is 40.2 Å². The van der Waals surface area contributed by atoms with E-state index in [1.54, 1.807) is 19.9 Å². The molecule has 200 valence electrons. The molecule has 1 aliphatic rings. The summed E-state index contributed by atoms with van der Waals surface area (Å²) >= 11 is 0. The summed E-state index contributed by atoms with van der Waals surface area (Å²) in [5, 5.41) is 16.1. The van der Waals surface area contributed by atoms with Crippen LogP contribution in [0.15, 0.2) is 44.4 Å². The van der Waals surface area contributed by atoms with E-state index in [0.29, 0.717) is 11.1 Å². The number of benzene rings is 2. The van der Waals surface area contributed by atoms with Crippen molar-refractivity contribution in [3.8, 4) is 5.75 Å². The molecule has 3 N–H and O–H groups in total. The first kappa shape index (κ1) is 26.8. The van der Waals surface area contributed by atoms with Gasteiger partial charge in [0.2, 0.25) is 15.9 Å². The van der Waals surface area contributed by atoms with Gasteiger partial charge in [-0.05, 0) is 42.7 Å². The number of nitrogens with one attached hydrogen (secondary N) is 2. The van der Waals surface area contributed by atoms with Crippen molar-refractivity contribution in [2.45, 2.75) is 55.8 Å². The maximum Gasteiger partial charge on any atom is 0.434 e. The number of halogens is 4. The molecule has 1 aromatic heterocycles. The first-order valence-corrected chi connectivity index (χ1v) is 12.5. The summed E-state index contributed by atoms with van der Waals surface area (Å²) in [6.07, 6.45) is -5.93. The number of nitrogens with zero attached hydrogens (tertiary/aromatic N) is 1. The fraction of sp³-hybridized carbons (Fsp3) is 0.391. The van der Waals surface area contributed by atoms with Crippen LogP contribution >= 0.6 is 0 Å². The lowest BCUT2D eigenvalue weighted by molar-refractivity contribution is -0.274. The van der Waals surface area contributed by atoms with Crippen molar-refractivity contribution in [2.24, 2.45) is 0 Å². The van der Waals surface area contributed by atoms with Crippen molar-refractivity contribution in [2.75, 3.05) is 6.61 Å². The molecule has 0 bridgehead atoms. The quantitative estimate of drug-likeness (QED) is 0.404. The monoisotopic (exact) mass is 545 g/mol. The molecule has 14 heteroatoms. The minimum Gasteiger partial charge on any atom is -0.492 e. The van der Waals surface area contributed by atoms with Crippen LogP contribution in [0.3, 0.4) is 0 Å². The maximum atomic E-state index is 14.9. The van der Waals surface area contributed by atoms with Gasteiger partial charge in [-0.25, -0.2) is 22.7 Å². The van der Waals surface area contributed by atoms with Crippen LogP contribution in [0.1, 0.15) is 53.4 Å². The maximum absolute atomic E-state index is 14.9. The van der Waals surface area contributed by atoms with E-state index in [0.717, 1.165) is 18.2 Å². The zero-order valence-electron chi connectivity index (χ0n) is 19.8. The molecule has 0 saturated carbocycles. The van der Waals surface area contributed by atoms with Gasteiger partial charge in [-0.3, -0.25) is 0 Å². The van der Waals surface area contributed by atoms with Gasteiger partial charge in [0.25, 0.3) is 0 Å². The Labute approximate surface area is 208 Å². The van der Waals surface area contributed by atoms with Crippen LogP contribution < -0.4 is 15.2 Å². The Hall–Kier alpha value is -3.23. The van der Waals surface area contributed by atoms with Crippen molar-refractivity contribution in [3.05, 3.63) is 74.8 Å². The number of para-hydroxylation sites is 1. The SMILES string of the molecule is Cc1ccc(F)c([C@@H](C)[C@H](NS(=O)(=O)c2cccc3c2OCCC3(O)C(F)(F)F)c2n[nH]c(=O)o2)c1C. The Kier molecular flexibility index (Phi) is 6.71. The van der Waals surface area contributed by atoms with Crippen LogP contribution in [-0.4, -0.2) is 36.5 Å². The zero-order chi connectivity index (χ0) is 27.3. The second-order valence-electron chi connectivity index (χ2n) is 8.83. The van der Waals surface area contributed by atoms with Crippen LogP contribution in [0.5, 0.6) is 5.75 Å². The molecule has 3 aromatic rings. The van der Waals surface area contributed by atoms with Gasteiger partial charge < -0.3 is 14.3 Å². The molecule has 3 atom stereocenters. The number of alkyl halides is 3. The Bertz CT molecular complexity index is 1500. The number of rotatable bonds is 6. The van der Waals surface area contributed by atoms with Crippen LogP contribution in [-0.2, 0) is 15.6 Å². The Morgan fingerprint density at radius 2 is 1.92 bits per heavy atom. The number of hydrogen-bond acceptors (Lipinski definition) is 7. The highest BCUT2D eigenvalue weighted by molar-refractivity contribution is 7.89. The molecule has 4 rings (SSSR count). The Morgan fingerprint density at radius 1 is 1.22 bits per heavy atom. The van der Waals surface area contributed by atoms with E-state index in [2.05, 4.69) is 9.82 Å². The lowest BCUT2D eigenvalue weighted by Gasteiger charge is -2.36. The third-order valence-corrected chi connectivity index (χ3v) is 8.05. The number of aromatic nitrogens is 2. The number of aliphatic hydroxyl groups is 1. The summed E-state index contributed by atoms with van der Waals surface area (Å²) in [6, 6.07) is 4.27. The van der Waals surface area contributed by atoms with Crippen molar-refractivity contribution in [1.29, 1.82) is 0 Å². The average molecular weight is 546 g/mol. The largest absolute Gasteiger partial charge is 0.492 e. The Morgan fingerprint density at radius 3 is 2.54 bits per heavy atom. The van der Waals surface area contributed by atoms with E-state index in [1.807, 2.05) is 5.10 Å². The van der Waals surface area contributed by atoms with Gasteiger partial charge in [-0.15, -0.1) is 5.10 Å². The van der Waals surface area contributed by atoms with Gasteiger partial charge in [-0.1, -0.05) is 25.1 Å². The van der Waals surface area contributed by atoms with Crippen LogP contribution in [0, 0.1) is 19.7 Å². The normalized spacial score (nSPS) is 19.7. The number of fused-ring (bicyclic) bond motifs is 1. The summed E-state index contributed by atoms with van der Waals surface area (Å²) in [5.41, 5.74) is -2.73. The predicted molar refractivity (Wildman–Crippen MR) is 121 cm³/mol. The minimum absolute atomic E-state index is 0.121. The van der Waals surface area contributed by atoms with Crippen LogP contribution in [0.25, 0.3) is 0 Å². The van der Waals surface area contributed by atoms with E-state index < -0.39 is 80.5 Å². The first-order valence-electron chi connectivity index (χ1n) is 11.1. The van der Waals surface area contributed by atoms with E-state index in [9.17, 15) is 35.9 Å². The number of ether oxygens (including phenoxy) is 1. The van der Waals surface area contributed by atoms with E-state index in [-0.39, 0.29) is 5.56 Å². The molecule has 0 aliphatic carbocycles. The molecule has 0 radical (unpaired) electrons. The van der Waals surface area contributed by atoms with Gasteiger partial charge in [0.05, 0.1) is 6.61 Å². The number of aromatic amines is 1. The van der Waals surface area contributed by atoms with Gasteiger partial charge in [0, 0.05) is 17.9 Å². The van der Waals surface area contributed by atoms with E-state index in [4.69, 9.17) is 9.15 Å². The average Bonchev–Trinajstić information content (AvgIpc) is 3.25. The fourth-order valence-electron chi connectivity index (χ4n) is 4.43. The summed E-state index contributed by atoms with van der Waals surface area (Å²) in [4.78, 5) is 11.0. The highest BCUT2D eigenvalue weighted by Crippen LogP contribution is 2.49. The molecule has 9 nitrogen and oxygen atoms in total. The molecule has 0 spiro atoms. The molecule has 37 heavy (non-hydrogen) atoms. The molecule has 2 heterocycles. The topological polar surface area (TPSA) is 135 Å². The fourth-order valence-corrected chi connectivity index (χ4v) is 5.87. The summed E-state index contributed by atoms with van der Waals surface area (Å²) in [7, 11) is -4.72. The van der Waals surface area contributed by atoms with Crippen LogP contribution in [0.2, 0.25) is 0 Å². The summed E-state index contributed by atoms with van der Waals surface area (Å²) < 4.78 is 95.6. The first-order chi connectivity index (χ1) is 17.2. The molecule has 0 amide bonds. The predicted octanol–water partition coefficient (Wildman–Crippen LogP) is 3.47. The van der Waals surface area contributed by atoms with Gasteiger partial charge in [0.1, 0.15) is 22.5 Å². The molecule has 1 unspecified atom stereocenters. The van der Waals surface area contributed by atoms with Gasteiger partial charge >= 0.3 is 11.9 Å². The zero-order valence-corrected chi connectivity index (χ0v) is 20.6.